The van der Waals surface area contributed by atoms with Crippen LogP contribution in [0, 0.1) is 18.7 Å². The van der Waals surface area contributed by atoms with E-state index in [0.29, 0.717) is 16.9 Å². The maximum Gasteiger partial charge on any atom is 0.255 e. The van der Waals surface area contributed by atoms with E-state index in [0.717, 1.165) is 37.5 Å². The quantitative estimate of drug-likeness (QED) is 0.898. The molecule has 1 fully saturated rings. The molecule has 3 N–H and O–H groups in total. The van der Waals surface area contributed by atoms with E-state index in [-0.39, 0.29) is 23.5 Å². The first-order chi connectivity index (χ1) is 11.5. The van der Waals surface area contributed by atoms with E-state index in [4.69, 9.17) is 10.5 Å². The summed E-state index contributed by atoms with van der Waals surface area (Å²) in [7, 11) is 0. The fourth-order valence-corrected chi connectivity index (χ4v) is 3.73. The second kappa shape index (κ2) is 6.93. The summed E-state index contributed by atoms with van der Waals surface area (Å²) in [6, 6.07) is 3.31. The molecule has 1 aliphatic carbocycles. The van der Waals surface area contributed by atoms with Crippen molar-refractivity contribution < 1.29 is 9.13 Å². The molecule has 0 radical (unpaired) electrons. The Morgan fingerprint density at radius 1 is 1.33 bits per heavy atom. The molecule has 0 spiro atoms. The Kier molecular flexibility index (Phi) is 4.90. The summed E-state index contributed by atoms with van der Waals surface area (Å²) in [6.45, 7) is 3.92. The van der Waals surface area contributed by atoms with E-state index in [2.05, 4.69) is 11.9 Å². The van der Waals surface area contributed by atoms with Gasteiger partial charge in [-0.2, -0.15) is 0 Å². The summed E-state index contributed by atoms with van der Waals surface area (Å²) < 4.78 is 20.5. The van der Waals surface area contributed by atoms with Gasteiger partial charge in [-0.05, 0) is 62.5 Å². The molecule has 1 aromatic carbocycles. The number of aromatic amines is 1. The molecule has 1 aliphatic rings. The number of hydrogen-bond donors (Lipinski definition) is 2. The Balaban J connectivity index is 1.80. The highest BCUT2D eigenvalue weighted by Crippen LogP contribution is 2.34. The highest BCUT2D eigenvalue weighted by molar-refractivity contribution is 5.86. The number of aryl methyl sites for hydroxylation is 1. The number of ether oxygens (including phenoxy) is 1. The minimum absolute atomic E-state index is 0.0120. The molecule has 24 heavy (non-hydrogen) atoms. The number of H-pyrrole nitrogens is 1. The van der Waals surface area contributed by atoms with E-state index in [1.165, 1.54) is 6.07 Å². The van der Waals surface area contributed by atoms with Crippen LogP contribution >= 0.6 is 0 Å². The topological polar surface area (TPSA) is 68.1 Å². The molecule has 0 amide bonds. The smallest absolute Gasteiger partial charge is 0.255 e. The van der Waals surface area contributed by atoms with Gasteiger partial charge in [-0.15, -0.1) is 0 Å². The lowest BCUT2D eigenvalue weighted by atomic mass is 9.82. The molecule has 3 rings (SSSR count). The van der Waals surface area contributed by atoms with Crippen molar-refractivity contribution in [1.29, 1.82) is 0 Å². The van der Waals surface area contributed by atoms with Crippen LogP contribution in [0.1, 0.15) is 44.6 Å². The third-order valence-corrected chi connectivity index (χ3v) is 5.31. The highest BCUT2D eigenvalue weighted by atomic mass is 19.1. The maximum atomic E-state index is 14.5. The average molecular weight is 332 g/mol. The lowest BCUT2D eigenvalue weighted by Crippen LogP contribution is -2.35. The first-order valence-corrected chi connectivity index (χ1v) is 8.74. The van der Waals surface area contributed by atoms with E-state index < -0.39 is 5.82 Å². The van der Waals surface area contributed by atoms with Gasteiger partial charge in [-0.1, -0.05) is 6.92 Å². The summed E-state index contributed by atoms with van der Waals surface area (Å²) in [4.78, 5) is 14.4. The first-order valence-electron chi connectivity index (χ1n) is 8.74. The van der Waals surface area contributed by atoms with Gasteiger partial charge in [0.2, 0.25) is 0 Å². The van der Waals surface area contributed by atoms with Gasteiger partial charge in [-0.25, -0.2) is 4.39 Å². The highest BCUT2D eigenvalue weighted by Gasteiger charge is 2.27. The van der Waals surface area contributed by atoms with Gasteiger partial charge in [0, 0.05) is 17.8 Å². The second-order valence-corrected chi connectivity index (χ2v) is 6.81. The molecule has 5 heteroatoms. The van der Waals surface area contributed by atoms with Gasteiger partial charge in [0.1, 0.15) is 0 Å². The Labute approximate surface area is 141 Å². The number of nitrogens with two attached hydrogens (primary N) is 1. The predicted octanol–water partition coefficient (Wildman–Crippen LogP) is 3.65. The maximum absolute atomic E-state index is 14.5. The molecule has 1 heterocycles. The van der Waals surface area contributed by atoms with Crippen molar-refractivity contribution >= 4 is 10.8 Å². The zero-order valence-corrected chi connectivity index (χ0v) is 14.3. The Bertz CT molecular complexity index is 779. The molecule has 1 aromatic heterocycles. The minimum Gasteiger partial charge on any atom is -0.487 e. The van der Waals surface area contributed by atoms with E-state index >= 15 is 0 Å². The Morgan fingerprint density at radius 3 is 2.71 bits per heavy atom. The zero-order valence-electron chi connectivity index (χ0n) is 14.3. The van der Waals surface area contributed by atoms with Crippen LogP contribution in [0.25, 0.3) is 10.8 Å². The molecular weight excluding hydrogens is 307 g/mol. The first kappa shape index (κ1) is 17.0. The van der Waals surface area contributed by atoms with Gasteiger partial charge in [-0.3, -0.25) is 4.79 Å². The molecule has 1 atom stereocenters. The normalized spacial score (nSPS) is 22.5. The van der Waals surface area contributed by atoms with E-state index in [9.17, 15) is 9.18 Å². The lowest BCUT2D eigenvalue weighted by Gasteiger charge is -2.32. The second-order valence-electron chi connectivity index (χ2n) is 6.81. The molecular formula is C19H25FN2O2. The van der Waals surface area contributed by atoms with Crippen molar-refractivity contribution in [1.82, 2.24) is 4.98 Å². The van der Waals surface area contributed by atoms with Gasteiger partial charge in [0.25, 0.3) is 5.56 Å². The molecule has 2 aromatic rings. The molecule has 1 saturated carbocycles. The molecule has 1 unspecified atom stereocenters. The summed E-state index contributed by atoms with van der Waals surface area (Å²) in [5.41, 5.74) is 6.54. The van der Waals surface area contributed by atoms with Crippen molar-refractivity contribution in [2.24, 2.45) is 11.7 Å². The van der Waals surface area contributed by atoms with Crippen molar-refractivity contribution in [2.45, 2.75) is 58.1 Å². The fourth-order valence-electron chi connectivity index (χ4n) is 3.73. The van der Waals surface area contributed by atoms with Crippen LogP contribution in [0.4, 0.5) is 4.39 Å². The number of benzene rings is 1. The standard InChI is InChI=1S/C19H25FN2O2/c1-3-17(21)12-4-6-13(7-5-12)24-18-11(2)14-8-9-22-19(23)15(14)10-16(18)20/h8-10,12-13,17H,3-7,21H2,1-2H3,(H,22,23). The van der Waals surface area contributed by atoms with Crippen molar-refractivity contribution in [3.05, 3.63) is 40.1 Å². The van der Waals surface area contributed by atoms with Gasteiger partial charge < -0.3 is 15.5 Å². The molecule has 0 bridgehead atoms. The third kappa shape index (κ3) is 3.18. The van der Waals surface area contributed by atoms with Gasteiger partial charge >= 0.3 is 0 Å². The summed E-state index contributed by atoms with van der Waals surface area (Å²) >= 11 is 0. The van der Waals surface area contributed by atoms with Gasteiger partial charge in [0.05, 0.1) is 11.5 Å². The van der Waals surface area contributed by atoms with Crippen LogP contribution in [0.3, 0.4) is 0 Å². The largest absolute Gasteiger partial charge is 0.487 e. The number of nitrogens with one attached hydrogen (secondary N) is 1. The lowest BCUT2D eigenvalue weighted by molar-refractivity contribution is 0.117. The minimum atomic E-state index is -0.468. The van der Waals surface area contributed by atoms with Crippen molar-refractivity contribution in [3.63, 3.8) is 0 Å². The summed E-state index contributed by atoms with van der Waals surface area (Å²) in [5, 5.41) is 1.09. The van der Waals surface area contributed by atoms with Crippen molar-refractivity contribution in [2.75, 3.05) is 0 Å². The third-order valence-electron chi connectivity index (χ3n) is 5.31. The summed E-state index contributed by atoms with van der Waals surface area (Å²) in [6.07, 6.45) is 6.41. The SMILES string of the molecule is CCC(N)C1CCC(Oc2c(F)cc3c(=O)[nH]ccc3c2C)CC1. The molecule has 130 valence electrons. The van der Waals surface area contributed by atoms with Crippen LogP contribution in [0.5, 0.6) is 5.75 Å². The summed E-state index contributed by atoms with van der Waals surface area (Å²) in [5.74, 6) is 0.344. The number of aromatic nitrogens is 1. The Morgan fingerprint density at radius 2 is 2.04 bits per heavy atom. The average Bonchev–Trinajstić information content (AvgIpc) is 2.59. The monoisotopic (exact) mass is 332 g/mol. The molecule has 0 saturated heterocycles. The van der Waals surface area contributed by atoms with Crippen LogP contribution in [0.15, 0.2) is 23.1 Å². The van der Waals surface area contributed by atoms with Crippen LogP contribution in [-0.2, 0) is 0 Å². The fraction of sp³-hybridized carbons (Fsp3) is 0.526. The van der Waals surface area contributed by atoms with Gasteiger partial charge in [0.15, 0.2) is 11.6 Å². The number of pyridine rings is 1. The van der Waals surface area contributed by atoms with E-state index in [1.54, 1.807) is 19.2 Å². The number of fused-ring (bicyclic) bond motifs is 1. The number of hydrogen-bond acceptors (Lipinski definition) is 3. The van der Waals surface area contributed by atoms with Crippen LogP contribution in [0.2, 0.25) is 0 Å². The van der Waals surface area contributed by atoms with Crippen LogP contribution < -0.4 is 16.0 Å². The van der Waals surface area contributed by atoms with E-state index in [1.807, 2.05) is 0 Å². The predicted molar refractivity (Wildman–Crippen MR) is 93.9 cm³/mol. The zero-order chi connectivity index (χ0) is 17.3. The van der Waals surface area contributed by atoms with Crippen molar-refractivity contribution in [3.8, 4) is 5.75 Å². The number of halogens is 1. The molecule has 0 aliphatic heterocycles. The van der Waals surface area contributed by atoms with Crippen LogP contribution in [-0.4, -0.2) is 17.1 Å². The molecule has 4 nitrogen and oxygen atoms in total. The Hall–Kier alpha value is -1.88. The number of rotatable bonds is 4.